The van der Waals surface area contributed by atoms with Crippen molar-refractivity contribution in [3.05, 3.63) is 11.1 Å². The zero-order chi connectivity index (χ0) is 11.0. The SMILES string of the molecule is CC1C(C)(C)C2=C(C3OC3CC2)C1(C)C. The Labute approximate surface area is 92.9 Å². The maximum Gasteiger partial charge on any atom is 0.106 e. The van der Waals surface area contributed by atoms with Crippen LogP contribution in [0.15, 0.2) is 11.1 Å². The molecule has 3 unspecified atom stereocenters. The molecule has 2 aliphatic carbocycles. The van der Waals surface area contributed by atoms with E-state index in [1.165, 1.54) is 12.8 Å². The Morgan fingerprint density at radius 2 is 1.80 bits per heavy atom. The first-order valence-electron chi connectivity index (χ1n) is 6.26. The number of hydrogen-bond donors (Lipinski definition) is 0. The lowest BCUT2D eigenvalue weighted by Crippen LogP contribution is -2.28. The van der Waals surface area contributed by atoms with Crippen molar-refractivity contribution in [3.8, 4) is 0 Å². The average molecular weight is 206 g/mol. The van der Waals surface area contributed by atoms with Crippen LogP contribution in [0.5, 0.6) is 0 Å². The van der Waals surface area contributed by atoms with Crippen LogP contribution in [0.2, 0.25) is 0 Å². The predicted molar refractivity (Wildman–Crippen MR) is 61.6 cm³/mol. The molecular weight excluding hydrogens is 184 g/mol. The Morgan fingerprint density at radius 3 is 2.47 bits per heavy atom. The largest absolute Gasteiger partial charge is 0.365 e. The van der Waals surface area contributed by atoms with E-state index in [1.807, 2.05) is 0 Å². The molecule has 1 heterocycles. The average Bonchev–Trinajstić information content (AvgIpc) is 2.89. The van der Waals surface area contributed by atoms with Gasteiger partial charge in [-0.15, -0.1) is 0 Å². The molecule has 0 aromatic carbocycles. The number of ether oxygens (including phenoxy) is 1. The highest BCUT2D eigenvalue weighted by Gasteiger charge is 2.59. The normalized spacial score (nSPS) is 45.0. The van der Waals surface area contributed by atoms with Gasteiger partial charge in [0.15, 0.2) is 0 Å². The standard InChI is InChI=1S/C14H22O/c1-8-13(2,3)9-6-7-10-12(15-10)11(9)14(8,4)5/h8,10,12H,6-7H2,1-5H3. The molecule has 1 nitrogen and oxygen atoms in total. The minimum Gasteiger partial charge on any atom is -0.365 e. The Kier molecular flexibility index (Phi) is 1.65. The lowest BCUT2D eigenvalue weighted by molar-refractivity contribution is 0.181. The second kappa shape index (κ2) is 2.51. The molecule has 1 heteroatoms. The summed E-state index contributed by atoms with van der Waals surface area (Å²) in [5, 5.41) is 0. The summed E-state index contributed by atoms with van der Waals surface area (Å²) < 4.78 is 5.81. The van der Waals surface area contributed by atoms with Gasteiger partial charge in [-0.3, -0.25) is 0 Å². The highest BCUT2D eigenvalue weighted by Crippen LogP contribution is 2.64. The van der Waals surface area contributed by atoms with Gasteiger partial charge in [0, 0.05) is 0 Å². The Morgan fingerprint density at radius 1 is 1.13 bits per heavy atom. The molecule has 3 aliphatic rings. The van der Waals surface area contributed by atoms with Gasteiger partial charge in [0.05, 0.1) is 6.10 Å². The van der Waals surface area contributed by atoms with Crippen LogP contribution in [0.4, 0.5) is 0 Å². The maximum atomic E-state index is 5.81. The quantitative estimate of drug-likeness (QED) is 0.436. The third-order valence-electron chi connectivity index (χ3n) is 5.51. The fourth-order valence-electron chi connectivity index (χ4n) is 4.03. The van der Waals surface area contributed by atoms with E-state index in [-0.39, 0.29) is 0 Å². The molecule has 3 rings (SSSR count). The van der Waals surface area contributed by atoms with Crippen LogP contribution < -0.4 is 0 Å². The number of epoxide rings is 1. The number of allylic oxidation sites excluding steroid dienone is 1. The van der Waals surface area contributed by atoms with E-state index in [0.29, 0.717) is 23.0 Å². The van der Waals surface area contributed by atoms with Crippen molar-refractivity contribution in [2.24, 2.45) is 16.7 Å². The van der Waals surface area contributed by atoms with Crippen molar-refractivity contribution in [2.75, 3.05) is 0 Å². The molecule has 0 amide bonds. The zero-order valence-electron chi connectivity index (χ0n) is 10.6. The van der Waals surface area contributed by atoms with Crippen LogP contribution in [0.3, 0.4) is 0 Å². The van der Waals surface area contributed by atoms with Gasteiger partial charge in [-0.1, -0.05) is 40.2 Å². The van der Waals surface area contributed by atoms with Crippen LogP contribution in [-0.4, -0.2) is 12.2 Å². The van der Waals surface area contributed by atoms with E-state index in [1.54, 1.807) is 11.1 Å². The summed E-state index contributed by atoms with van der Waals surface area (Å²) >= 11 is 0. The van der Waals surface area contributed by atoms with Crippen molar-refractivity contribution in [1.29, 1.82) is 0 Å². The summed E-state index contributed by atoms with van der Waals surface area (Å²) in [6.07, 6.45) is 3.60. The molecule has 1 fully saturated rings. The number of fused-ring (bicyclic) bond motifs is 2. The van der Waals surface area contributed by atoms with Gasteiger partial charge in [0.2, 0.25) is 0 Å². The first-order chi connectivity index (χ1) is 6.87. The molecule has 84 valence electrons. The van der Waals surface area contributed by atoms with Crippen LogP contribution in [0.25, 0.3) is 0 Å². The van der Waals surface area contributed by atoms with Gasteiger partial charge in [0.25, 0.3) is 0 Å². The lowest BCUT2D eigenvalue weighted by Gasteiger charge is -2.35. The Bertz CT molecular complexity index is 348. The molecule has 0 N–H and O–H groups in total. The van der Waals surface area contributed by atoms with Crippen LogP contribution in [0.1, 0.15) is 47.5 Å². The van der Waals surface area contributed by atoms with Gasteiger partial charge in [-0.2, -0.15) is 0 Å². The third kappa shape index (κ3) is 1.03. The molecule has 1 saturated heterocycles. The van der Waals surface area contributed by atoms with Gasteiger partial charge in [0.1, 0.15) is 6.10 Å². The van der Waals surface area contributed by atoms with Crippen molar-refractivity contribution in [3.63, 3.8) is 0 Å². The van der Waals surface area contributed by atoms with E-state index in [9.17, 15) is 0 Å². The fourth-order valence-corrected chi connectivity index (χ4v) is 4.03. The van der Waals surface area contributed by atoms with Gasteiger partial charge >= 0.3 is 0 Å². The van der Waals surface area contributed by atoms with E-state index >= 15 is 0 Å². The monoisotopic (exact) mass is 206 g/mol. The minimum atomic E-state index is 0.346. The molecule has 0 bridgehead atoms. The number of rotatable bonds is 0. The minimum absolute atomic E-state index is 0.346. The van der Waals surface area contributed by atoms with Crippen molar-refractivity contribution < 1.29 is 4.74 Å². The fraction of sp³-hybridized carbons (Fsp3) is 0.857. The molecule has 1 aliphatic heterocycles. The summed E-state index contributed by atoms with van der Waals surface area (Å²) in [7, 11) is 0. The smallest absolute Gasteiger partial charge is 0.106 e. The lowest BCUT2D eigenvalue weighted by atomic mass is 9.69. The molecule has 0 spiro atoms. The topological polar surface area (TPSA) is 12.5 Å². The summed E-state index contributed by atoms with van der Waals surface area (Å²) in [6.45, 7) is 12.1. The maximum absolute atomic E-state index is 5.81. The van der Waals surface area contributed by atoms with Crippen LogP contribution in [0, 0.1) is 16.7 Å². The number of hydrogen-bond acceptors (Lipinski definition) is 1. The highest BCUT2D eigenvalue weighted by molar-refractivity contribution is 5.42. The summed E-state index contributed by atoms with van der Waals surface area (Å²) in [4.78, 5) is 0. The molecule has 15 heavy (non-hydrogen) atoms. The Balaban J connectivity index is 2.14. The molecule has 0 radical (unpaired) electrons. The summed E-state index contributed by atoms with van der Waals surface area (Å²) in [5.41, 5.74) is 4.11. The second-order valence-corrected chi connectivity index (χ2v) is 6.69. The molecule has 0 aromatic heterocycles. The highest BCUT2D eigenvalue weighted by atomic mass is 16.6. The van der Waals surface area contributed by atoms with Crippen LogP contribution >= 0.6 is 0 Å². The predicted octanol–water partition coefficient (Wildman–Crippen LogP) is 3.55. The van der Waals surface area contributed by atoms with Crippen molar-refractivity contribution in [1.82, 2.24) is 0 Å². The van der Waals surface area contributed by atoms with E-state index in [2.05, 4.69) is 34.6 Å². The Hall–Kier alpha value is -0.300. The van der Waals surface area contributed by atoms with E-state index in [4.69, 9.17) is 4.74 Å². The van der Waals surface area contributed by atoms with Crippen molar-refractivity contribution >= 4 is 0 Å². The molecule has 0 aromatic rings. The first kappa shape index (κ1) is 9.89. The van der Waals surface area contributed by atoms with E-state index < -0.39 is 0 Å². The summed E-state index contributed by atoms with van der Waals surface area (Å²) in [6, 6.07) is 0. The van der Waals surface area contributed by atoms with Gasteiger partial charge < -0.3 is 4.74 Å². The van der Waals surface area contributed by atoms with Crippen LogP contribution in [-0.2, 0) is 4.74 Å². The molecule has 3 atom stereocenters. The zero-order valence-corrected chi connectivity index (χ0v) is 10.6. The van der Waals surface area contributed by atoms with E-state index in [0.717, 1.165) is 5.92 Å². The molecular formula is C14H22O. The molecule has 0 saturated carbocycles. The first-order valence-corrected chi connectivity index (χ1v) is 6.26. The van der Waals surface area contributed by atoms with Gasteiger partial charge in [-0.25, -0.2) is 0 Å². The summed E-state index contributed by atoms with van der Waals surface area (Å²) in [5.74, 6) is 0.734. The third-order valence-corrected chi connectivity index (χ3v) is 5.51. The van der Waals surface area contributed by atoms with Gasteiger partial charge in [-0.05, 0) is 35.2 Å². The van der Waals surface area contributed by atoms with Crippen molar-refractivity contribution in [2.45, 2.75) is 59.7 Å². The second-order valence-electron chi connectivity index (χ2n) is 6.69.